The molecule has 1 aliphatic heterocycles. The third-order valence-electron chi connectivity index (χ3n) is 5.58. The van der Waals surface area contributed by atoms with E-state index < -0.39 is 17.6 Å². The Bertz CT molecular complexity index is 1120. The summed E-state index contributed by atoms with van der Waals surface area (Å²) in [4.78, 5) is 14.4. The predicted octanol–water partition coefficient (Wildman–Crippen LogP) is 5.09. The molecule has 2 aromatic carbocycles. The van der Waals surface area contributed by atoms with Crippen LogP contribution in [0.4, 0.5) is 24.5 Å². The van der Waals surface area contributed by atoms with Crippen LogP contribution in [0.5, 0.6) is 0 Å². The molecule has 1 amide bonds. The van der Waals surface area contributed by atoms with E-state index in [4.69, 9.17) is 9.15 Å². The number of amides is 1. The number of hydrogen-bond donors (Lipinski definition) is 1. The minimum Gasteiger partial charge on any atom is -0.464 e. The van der Waals surface area contributed by atoms with Crippen LogP contribution in [0.25, 0.3) is 11.0 Å². The van der Waals surface area contributed by atoms with Gasteiger partial charge < -0.3 is 19.4 Å². The second-order valence-corrected chi connectivity index (χ2v) is 7.75. The van der Waals surface area contributed by atoms with Crippen molar-refractivity contribution < 1.29 is 27.1 Å². The number of hydrogen-bond acceptors (Lipinski definition) is 4. The molecule has 0 aliphatic carbocycles. The van der Waals surface area contributed by atoms with Crippen molar-refractivity contribution in [1.29, 1.82) is 0 Å². The first-order valence-corrected chi connectivity index (χ1v) is 10.0. The Hall–Kier alpha value is -3.00. The molecule has 0 saturated carbocycles. The lowest BCUT2D eigenvalue weighted by molar-refractivity contribution is -0.136. The lowest BCUT2D eigenvalue weighted by Gasteiger charge is -2.29. The van der Waals surface area contributed by atoms with Gasteiger partial charge in [-0.05, 0) is 55.3 Å². The fourth-order valence-corrected chi connectivity index (χ4v) is 3.73. The molecule has 1 N–H and O–H groups in total. The Morgan fingerprint density at radius 2 is 1.81 bits per heavy atom. The Morgan fingerprint density at radius 1 is 1.10 bits per heavy atom. The molecule has 5 nitrogen and oxygen atoms in total. The minimum absolute atomic E-state index is 0.0853. The second-order valence-electron chi connectivity index (χ2n) is 7.75. The van der Waals surface area contributed by atoms with E-state index in [0.717, 1.165) is 22.6 Å². The van der Waals surface area contributed by atoms with E-state index in [1.54, 1.807) is 6.07 Å². The number of anilines is 2. The van der Waals surface area contributed by atoms with Crippen molar-refractivity contribution in [1.82, 2.24) is 0 Å². The zero-order valence-corrected chi connectivity index (χ0v) is 17.3. The third-order valence-corrected chi connectivity index (χ3v) is 5.58. The predicted molar refractivity (Wildman–Crippen MR) is 112 cm³/mol. The smallest absolute Gasteiger partial charge is 0.418 e. The summed E-state index contributed by atoms with van der Waals surface area (Å²) in [6.07, 6.45) is -3.20. The van der Waals surface area contributed by atoms with Crippen molar-refractivity contribution in [3.63, 3.8) is 0 Å². The number of fused-ring (bicyclic) bond motifs is 1. The average Bonchev–Trinajstić information content (AvgIpc) is 3.09. The molecule has 1 fully saturated rings. The number of carbonyl (C=O) groups is 1. The van der Waals surface area contributed by atoms with Gasteiger partial charge in [-0.3, -0.25) is 4.79 Å². The van der Waals surface area contributed by atoms with Crippen LogP contribution in [0.3, 0.4) is 0 Å². The van der Waals surface area contributed by atoms with E-state index in [2.05, 4.69) is 5.32 Å². The van der Waals surface area contributed by atoms with Crippen LogP contribution in [0, 0.1) is 13.8 Å². The maximum Gasteiger partial charge on any atom is 0.418 e. The van der Waals surface area contributed by atoms with Crippen LogP contribution in [0.2, 0.25) is 0 Å². The van der Waals surface area contributed by atoms with Gasteiger partial charge in [-0.15, -0.1) is 0 Å². The Kier molecular flexibility index (Phi) is 5.66. The van der Waals surface area contributed by atoms with E-state index >= 15 is 0 Å². The number of benzene rings is 2. The fourth-order valence-electron chi connectivity index (χ4n) is 3.73. The van der Waals surface area contributed by atoms with Crippen molar-refractivity contribution in [2.45, 2.75) is 26.4 Å². The van der Waals surface area contributed by atoms with Crippen LogP contribution in [0.15, 0.2) is 41.0 Å². The van der Waals surface area contributed by atoms with Gasteiger partial charge in [0, 0.05) is 29.7 Å². The molecule has 0 bridgehead atoms. The van der Waals surface area contributed by atoms with Gasteiger partial charge in [0.15, 0.2) is 0 Å². The molecule has 2 heterocycles. The van der Waals surface area contributed by atoms with E-state index in [0.29, 0.717) is 43.1 Å². The number of alkyl halides is 3. The van der Waals surface area contributed by atoms with E-state index in [1.165, 1.54) is 12.3 Å². The van der Waals surface area contributed by atoms with Gasteiger partial charge in [0.2, 0.25) is 5.91 Å². The van der Waals surface area contributed by atoms with Crippen LogP contribution < -0.4 is 10.2 Å². The van der Waals surface area contributed by atoms with Gasteiger partial charge in [0.05, 0.1) is 37.1 Å². The Labute approximate surface area is 177 Å². The van der Waals surface area contributed by atoms with Gasteiger partial charge in [-0.2, -0.15) is 13.2 Å². The fraction of sp³-hybridized carbons (Fsp3) is 0.348. The molecule has 1 saturated heterocycles. The summed E-state index contributed by atoms with van der Waals surface area (Å²) in [5.74, 6) is -0.537. The highest BCUT2D eigenvalue weighted by atomic mass is 19.4. The molecule has 0 spiro atoms. The SMILES string of the molecule is Cc1cc2occ(CC(=O)Nc3ccc(N4CCOCC4)cc3C(F)(F)F)c2cc1C. The Balaban J connectivity index is 1.57. The maximum absolute atomic E-state index is 13.7. The molecule has 1 aromatic heterocycles. The monoisotopic (exact) mass is 432 g/mol. The normalized spacial score (nSPS) is 14.8. The molecular formula is C23H23F3N2O3. The van der Waals surface area contributed by atoms with Crippen LogP contribution in [-0.4, -0.2) is 32.2 Å². The van der Waals surface area contributed by atoms with Gasteiger partial charge in [-0.1, -0.05) is 0 Å². The second kappa shape index (κ2) is 8.26. The molecule has 8 heteroatoms. The number of aryl methyl sites for hydroxylation is 2. The number of carbonyl (C=O) groups excluding carboxylic acids is 1. The summed E-state index contributed by atoms with van der Waals surface area (Å²) in [5.41, 5.74) is 2.73. The van der Waals surface area contributed by atoms with Gasteiger partial charge in [-0.25, -0.2) is 0 Å². The molecule has 4 rings (SSSR count). The first kappa shape index (κ1) is 21.2. The number of nitrogens with one attached hydrogen (secondary N) is 1. The van der Waals surface area contributed by atoms with Crippen molar-refractivity contribution in [2.24, 2.45) is 0 Å². The van der Waals surface area contributed by atoms with Gasteiger partial charge in [0.1, 0.15) is 5.58 Å². The number of ether oxygens (including phenoxy) is 1. The number of halogens is 3. The molecule has 1 aliphatic rings. The van der Waals surface area contributed by atoms with Gasteiger partial charge >= 0.3 is 6.18 Å². The molecule has 3 aromatic rings. The van der Waals surface area contributed by atoms with E-state index in [1.807, 2.05) is 30.9 Å². The number of furan rings is 1. The molecule has 0 unspecified atom stereocenters. The highest BCUT2D eigenvalue weighted by Gasteiger charge is 2.35. The summed E-state index contributed by atoms with van der Waals surface area (Å²) >= 11 is 0. The van der Waals surface area contributed by atoms with Crippen LogP contribution >= 0.6 is 0 Å². The molecule has 0 radical (unpaired) electrons. The van der Waals surface area contributed by atoms with Crippen LogP contribution in [0.1, 0.15) is 22.3 Å². The number of rotatable bonds is 4. The van der Waals surface area contributed by atoms with Crippen molar-refractivity contribution >= 4 is 28.3 Å². The Morgan fingerprint density at radius 3 is 2.52 bits per heavy atom. The highest BCUT2D eigenvalue weighted by Crippen LogP contribution is 2.37. The first-order chi connectivity index (χ1) is 14.7. The molecular weight excluding hydrogens is 409 g/mol. The van der Waals surface area contributed by atoms with Crippen molar-refractivity contribution in [3.8, 4) is 0 Å². The topological polar surface area (TPSA) is 54.7 Å². The quantitative estimate of drug-likeness (QED) is 0.624. The van der Waals surface area contributed by atoms with E-state index in [-0.39, 0.29) is 12.1 Å². The summed E-state index contributed by atoms with van der Waals surface area (Å²) in [5, 5.41) is 3.22. The largest absolute Gasteiger partial charge is 0.464 e. The van der Waals surface area contributed by atoms with Gasteiger partial charge in [0.25, 0.3) is 0 Å². The van der Waals surface area contributed by atoms with Crippen molar-refractivity contribution in [3.05, 3.63) is 58.8 Å². The summed E-state index contributed by atoms with van der Waals surface area (Å²) in [6, 6.07) is 7.80. The third kappa shape index (κ3) is 4.54. The number of morpholine rings is 1. The highest BCUT2D eigenvalue weighted by molar-refractivity contribution is 5.96. The zero-order chi connectivity index (χ0) is 22.2. The summed E-state index contributed by atoms with van der Waals surface area (Å²) in [7, 11) is 0. The molecule has 31 heavy (non-hydrogen) atoms. The lowest BCUT2D eigenvalue weighted by Crippen LogP contribution is -2.36. The first-order valence-electron chi connectivity index (χ1n) is 10.0. The summed E-state index contributed by atoms with van der Waals surface area (Å²) in [6.45, 7) is 5.90. The molecule has 164 valence electrons. The maximum atomic E-state index is 13.7. The van der Waals surface area contributed by atoms with Crippen LogP contribution in [-0.2, 0) is 22.1 Å². The zero-order valence-electron chi connectivity index (χ0n) is 17.3. The van der Waals surface area contributed by atoms with E-state index in [9.17, 15) is 18.0 Å². The lowest BCUT2D eigenvalue weighted by atomic mass is 10.0. The molecule has 0 atom stereocenters. The summed E-state index contributed by atoms with van der Waals surface area (Å²) < 4.78 is 51.9. The minimum atomic E-state index is -4.60. The number of nitrogens with zero attached hydrogens (tertiary/aromatic N) is 1. The standard InChI is InChI=1S/C23H23F3N2O3/c1-14-9-18-16(13-31-21(18)10-15(14)2)11-22(29)27-20-4-3-17(12-19(20)23(24,25)26)28-5-7-30-8-6-28/h3-4,9-10,12-13H,5-8,11H2,1-2H3,(H,27,29). The van der Waals surface area contributed by atoms with Crippen molar-refractivity contribution in [2.75, 3.05) is 36.5 Å². The average molecular weight is 432 g/mol.